The molecule has 1 heterocycles. The minimum Gasteiger partial charge on any atom is -0.394 e. The fourth-order valence-corrected chi connectivity index (χ4v) is 14.3. The zero-order valence-electron chi connectivity index (χ0n) is 84.7. The first-order valence-corrected chi connectivity index (χ1v) is 49.1. The third-order valence-corrected chi connectivity index (χ3v) is 22.9. The molecule has 1 aromatic heterocycles. The fraction of sp³-hybridized carbons (Fsp3) is 0.747. The number of hydrogen-bond acceptors (Lipinski definition) is 29. The molecule has 0 aliphatic heterocycles. The second-order valence-corrected chi connectivity index (χ2v) is 36.9. The molecule has 0 unspecified atom stereocenters. The van der Waals surface area contributed by atoms with E-state index < -0.39 is 247 Å². The second kappa shape index (κ2) is 70.0. The second-order valence-electron chi connectivity index (χ2n) is 36.9. The Labute approximate surface area is 826 Å². The first-order chi connectivity index (χ1) is 66.6. The van der Waals surface area contributed by atoms with Crippen LogP contribution in [0.25, 0.3) is 0 Å². The number of imidazole rings is 1. The molecule has 0 bridgehead atoms. The molecule has 141 heavy (non-hydrogen) atoms. The summed E-state index contributed by atoms with van der Waals surface area (Å²) in [6.07, 6.45) is 7.47. The van der Waals surface area contributed by atoms with Crippen LogP contribution >= 0.6 is 0 Å². The molecule has 0 saturated heterocycles. The van der Waals surface area contributed by atoms with Crippen molar-refractivity contribution in [1.29, 1.82) is 0 Å². The van der Waals surface area contributed by atoms with E-state index in [1.165, 1.54) is 54.1 Å². The van der Waals surface area contributed by atoms with Gasteiger partial charge in [0.1, 0.15) is 109 Å². The van der Waals surface area contributed by atoms with E-state index in [1.54, 1.807) is 55.4 Å². The van der Waals surface area contributed by atoms with Gasteiger partial charge in [-0.25, -0.2) is 4.98 Å². The van der Waals surface area contributed by atoms with Crippen LogP contribution in [-0.4, -0.2) is 301 Å². The van der Waals surface area contributed by atoms with Gasteiger partial charge in [-0.05, 0) is 239 Å². The van der Waals surface area contributed by atoms with Crippen molar-refractivity contribution in [3.63, 3.8) is 0 Å². The molecule has 0 aromatic carbocycles. The van der Waals surface area contributed by atoms with Gasteiger partial charge in [-0.2, -0.15) is 0 Å². The number of aromatic nitrogens is 2. The van der Waals surface area contributed by atoms with Gasteiger partial charge >= 0.3 is 0 Å². The van der Waals surface area contributed by atoms with Crippen molar-refractivity contribution in [3.8, 4) is 0 Å². The number of nitrogens with two attached hydrogens (primary N) is 8. The Morgan fingerprint density at radius 1 is 0.298 bits per heavy atom. The number of primary amides is 1. The molecule has 0 aliphatic carbocycles. The van der Waals surface area contributed by atoms with Crippen LogP contribution in [0.4, 0.5) is 0 Å². The van der Waals surface area contributed by atoms with Crippen molar-refractivity contribution in [2.24, 2.45) is 69.5 Å². The number of aliphatic hydroxyl groups excluding tert-OH is 1. The highest BCUT2D eigenvalue weighted by molar-refractivity contribution is 6.02. The molecule has 20 amide bonds. The van der Waals surface area contributed by atoms with Gasteiger partial charge in [-0.1, -0.05) is 61.8 Å². The fourth-order valence-electron chi connectivity index (χ4n) is 14.3. The number of rotatable bonds is 74. The summed E-state index contributed by atoms with van der Waals surface area (Å²) in [6.45, 7) is 21.3. The van der Waals surface area contributed by atoms with Gasteiger partial charge in [0.05, 0.1) is 26.0 Å². The lowest BCUT2D eigenvalue weighted by atomic mass is 9.96. The quantitative estimate of drug-likeness (QED) is 0.0269. The van der Waals surface area contributed by atoms with Crippen molar-refractivity contribution < 1.29 is 101 Å². The monoisotopic (exact) mass is 2000 g/mol. The van der Waals surface area contributed by atoms with E-state index in [0.29, 0.717) is 82.9 Å². The molecule has 0 radical (unpaired) electrons. The standard InChI is InChI=1S/C91H167N29O21/c1-15-52(8)73(120-71(122)44-98)91(141)118-68(42-51(6)7)89(139)119-70(47-121)90(140)114-65(33-21-27-39-97)86(136)116-66(40-49(2)3)80(130)101-46-72(123)109-60(28-16-22-34-92)81(131)107-58(14)79(129)115-67(41-50(4)5)88(138)113-64(32-20-26-38-96)84(134)112-62(30-18-24-36-94)83(133)106-54(10)75(125)104-57(13)78(128)111-63(31-19-25-37-95)85(135)117-69(43-59-45-100-48-102-59)87(137)108-55(11)76(126)105-56(12)77(127)110-61(29-17-23-35-93)82(132)103-53(9)74(99)124/h45,48-58,60-70,73,121H,15-44,46-47,92-98H2,1-14H3,(H2,99,124)(H,100,102)(H,101,130)(H,103,132)(H,104,125)(H,105,126)(H,106,133)(H,107,131)(H,108,137)(H,109,123)(H,110,127)(H,111,128)(H,112,134)(H,113,138)(H,114,140)(H,115,129)(H,116,136)(H,117,135)(H,118,141)(H,119,139)(H,120,122)/t52-,53-,54-,55-,56-,57-,58-,60-,61-,62-,63-,64-,65-,66-,67-,68-,69-,70-,73-/m0/s1. The Morgan fingerprint density at radius 2 is 0.553 bits per heavy atom. The van der Waals surface area contributed by atoms with Crippen LogP contribution in [-0.2, 0) is 102 Å². The topological polar surface area (TPSA) is 827 Å². The molecule has 802 valence electrons. The molecular formula is C91H167N29O21. The van der Waals surface area contributed by atoms with E-state index in [-0.39, 0.29) is 133 Å². The molecule has 1 rings (SSSR count). The van der Waals surface area contributed by atoms with Gasteiger partial charge in [0, 0.05) is 18.3 Å². The molecule has 0 saturated carbocycles. The Morgan fingerprint density at radius 3 is 0.858 bits per heavy atom. The van der Waals surface area contributed by atoms with E-state index in [2.05, 4.69) is 111 Å². The first-order valence-electron chi connectivity index (χ1n) is 49.1. The number of carbonyl (C=O) groups excluding carboxylic acids is 20. The van der Waals surface area contributed by atoms with E-state index in [4.69, 9.17) is 45.9 Å². The SMILES string of the molecule is CC[C@H](C)[C@H](NC(=O)CN)C(=O)N[C@@H](CC(C)C)C(=O)N[C@@H](CO)C(=O)N[C@@H](CCCCN)C(=O)N[C@@H](CC(C)C)C(=O)NCC(=O)N[C@@H](CCCCN)C(=O)N[C@@H](C)C(=O)N[C@@H](CC(C)C)C(=O)N[C@@H](CCCCN)C(=O)N[C@@H](CCCCN)C(=O)N[C@@H](C)C(=O)N[C@@H](C)C(=O)N[C@@H](CCCCN)C(=O)N[C@@H](Cc1cnc[nH]1)C(=O)N[C@@H](C)C(=O)N[C@@H](C)C(=O)N[C@@H](CCCCN)C(=O)N[C@@H](C)C(N)=O. The summed E-state index contributed by atoms with van der Waals surface area (Å²) in [4.78, 5) is 283. The lowest BCUT2D eigenvalue weighted by Crippen LogP contribution is -2.60. The van der Waals surface area contributed by atoms with Crippen LogP contribution in [0.5, 0.6) is 0 Å². The smallest absolute Gasteiger partial charge is 0.245 e. The Kier molecular flexibility index (Phi) is 63.2. The molecule has 0 fully saturated rings. The van der Waals surface area contributed by atoms with Crippen molar-refractivity contribution in [3.05, 3.63) is 18.2 Å². The van der Waals surface area contributed by atoms with Gasteiger partial charge < -0.3 is 157 Å². The van der Waals surface area contributed by atoms with Gasteiger partial charge in [0.15, 0.2) is 0 Å². The molecule has 1 aromatic rings. The van der Waals surface area contributed by atoms with E-state index in [1.807, 2.05) is 0 Å². The van der Waals surface area contributed by atoms with Crippen LogP contribution in [0.1, 0.15) is 244 Å². The average Bonchev–Trinajstić information content (AvgIpc) is 1.42. The zero-order chi connectivity index (χ0) is 107. The number of nitrogens with zero attached hydrogens (tertiary/aromatic N) is 1. The number of aromatic amines is 1. The summed E-state index contributed by atoms with van der Waals surface area (Å²) in [5.74, 6) is -17.6. The highest BCUT2D eigenvalue weighted by Gasteiger charge is 2.39. The number of unbranched alkanes of at least 4 members (excludes halogenated alkanes) is 6. The summed E-state index contributed by atoms with van der Waals surface area (Å²) < 4.78 is 0. The molecule has 0 aliphatic rings. The summed E-state index contributed by atoms with van der Waals surface area (Å²) in [6, 6.07) is -23.8. The molecule has 19 atom stereocenters. The Balaban J connectivity index is 3.42. The van der Waals surface area contributed by atoms with Crippen LogP contribution in [0.3, 0.4) is 0 Å². The maximum absolute atomic E-state index is 14.6. The summed E-state index contributed by atoms with van der Waals surface area (Å²) in [5, 5.41) is 59.5. The number of H-pyrrole nitrogens is 1. The number of hydrogen-bond donors (Lipinski definition) is 29. The van der Waals surface area contributed by atoms with Gasteiger partial charge in [-0.15, -0.1) is 0 Å². The molecular weight excluding hydrogens is 1840 g/mol. The van der Waals surface area contributed by atoms with E-state index >= 15 is 0 Å². The average molecular weight is 2000 g/mol. The summed E-state index contributed by atoms with van der Waals surface area (Å²) in [7, 11) is 0. The third-order valence-electron chi connectivity index (χ3n) is 22.9. The van der Waals surface area contributed by atoms with Crippen LogP contribution in [0.15, 0.2) is 12.5 Å². The highest BCUT2D eigenvalue weighted by atomic mass is 16.3. The Bertz CT molecular complexity index is 4110. The first kappa shape index (κ1) is 127. The predicted octanol–water partition coefficient (Wildman–Crippen LogP) is -7.69. The lowest BCUT2D eigenvalue weighted by Gasteiger charge is -2.28. The van der Waals surface area contributed by atoms with Crippen LogP contribution in [0, 0.1) is 23.7 Å². The number of nitrogens with one attached hydrogen (secondary N) is 20. The largest absolute Gasteiger partial charge is 0.394 e. The van der Waals surface area contributed by atoms with Crippen molar-refractivity contribution in [1.82, 2.24) is 111 Å². The van der Waals surface area contributed by atoms with Gasteiger partial charge in [-0.3, -0.25) is 95.9 Å². The maximum Gasteiger partial charge on any atom is 0.245 e. The van der Waals surface area contributed by atoms with Crippen LogP contribution < -0.4 is 147 Å². The van der Waals surface area contributed by atoms with E-state index in [9.17, 15) is 101 Å². The molecule has 0 spiro atoms. The van der Waals surface area contributed by atoms with Crippen molar-refractivity contribution in [2.45, 2.75) is 353 Å². The molecule has 50 heteroatoms. The normalized spacial score (nSPS) is 15.3. The molecule has 50 nitrogen and oxygen atoms in total. The van der Waals surface area contributed by atoms with Gasteiger partial charge in [0.2, 0.25) is 118 Å². The number of aliphatic hydroxyl groups is 1. The third kappa shape index (κ3) is 51.0. The van der Waals surface area contributed by atoms with Crippen LogP contribution in [0.2, 0.25) is 0 Å². The molecule has 37 N–H and O–H groups in total. The minimum absolute atomic E-state index is 0.00233. The van der Waals surface area contributed by atoms with E-state index in [0.717, 1.165) is 0 Å². The zero-order valence-corrected chi connectivity index (χ0v) is 84.7. The lowest BCUT2D eigenvalue weighted by molar-refractivity contribution is -0.136. The van der Waals surface area contributed by atoms with Gasteiger partial charge in [0.25, 0.3) is 0 Å². The van der Waals surface area contributed by atoms with Crippen molar-refractivity contribution >= 4 is 118 Å². The Hall–Kier alpha value is -11.7. The predicted molar refractivity (Wildman–Crippen MR) is 525 cm³/mol. The number of carbonyl (C=O) groups is 20. The van der Waals surface area contributed by atoms with Crippen molar-refractivity contribution in [2.75, 3.05) is 59.0 Å². The number of amides is 20. The summed E-state index contributed by atoms with van der Waals surface area (Å²) in [5.41, 5.74) is 45.9. The highest BCUT2D eigenvalue weighted by Crippen LogP contribution is 2.17. The maximum atomic E-state index is 14.6. The minimum atomic E-state index is -1.65. The summed E-state index contributed by atoms with van der Waals surface area (Å²) >= 11 is 0.